The van der Waals surface area contributed by atoms with Crippen LogP contribution in [0.25, 0.3) is 0 Å². The SMILES string of the molecule is CC/C=C\C/C=C\C/C=C\C/C=C\C/C=C\C/C=C\C/C=C\C/C=C\C/C=C\CCCCCCCCCC(=O)OCC(COC(=O)CCCCCCCCCC)OC(=O)CCCCCCCCCCCCCCCCCCCCCCC. The molecule has 470 valence electrons. The van der Waals surface area contributed by atoms with Crippen molar-refractivity contribution in [3.63, 3.8) is 0 Å². The van der Waals surface area contributed by atoms with Crippen molar-refractivity contribution in [1.29, 1.82) is 0 Å². The smallest absolute Gasteiger partial charge is 0.306 e. The molecule has 0 radical (unpaired) electrons. The van der Waals surface area contributed by atoms with E-state index >= 15 is 0 Å². The Balaban J connectivity index is 4.15. The zero-order valence-corrected chi connectivity index (χ0v) is 54.0. The lowest BCUT2D eigenvalue weighted by Crippen LogP contribution is -2.30. The van der Waals surface area contributed by atoms with Gasteiger partial charge in [0, 0.05) is 19.3 Å². The lowest BCUT2D eigenvalue weighted by atomic mass is 10.0. The molecule has 6 nitrogen and oxygen atoms in total. The maximum atomic E-state index is 12.9. The second-order valence-corrected chi connectivity index (χ2v) is 23.1. The predicted molar refractivity (Wildman–Crippen MR) is 357 cm³/mol. The zero-order chi connectivity index (χ0) is 59.2. The van der Waals surface area contributed by atoms with Gasteiger partial charge in [-0.25, -0.2) is 0 Å². The zero-order valence-electron chi connectivity index (χ0n) is 54.0. The second kappa shape index (κ2) is 69.6. The van der Waals surface area contributed by atoms with Crippen LogP contribution in [0.2, 0.25) is 0 Å². The topological polar surface area (TPSA) is 78.9 Å². The van der Waals surface area contributed by atoms with E-state index < -0.39 is 6.10 Å². The van der Waals surface area contributed by atoms with Gasteiger partial charge in [0.25, 0.3) is 0 Å². The highest BCUT2D eigenvalue weighted by molar-refractivity contribution is 5.71. The Kier molecular flexibility index (Phi) is 66.2. The number of allylic oxidation sites excluding steroid dienone is 18. The Hall–Kier alpha value is -3.93. The summed E-state index contributed by atoms with van der Waals surface area (Å²) in [6.45, 7) is 6.52. The summed E-state index contributed by atoms with van der Waals surface area (Å²) < 4.78 is 16.9. The fraction of sp³-hybridized carbons (Fsp3) is 0.724. The minimum absolute atomic E-state index is 0.0772. The largest absolute Gasteiger partial charge is 0.462 e. The quantitative estimate of drug-likeness (QED) is 0.0261. The summed E-state index contributed by atoms with van der Waals surface area (Å²) in [5.74, 6) is -0.879. The third-order valence-corrected chi connectivity index (χ3v) is 15.0. The molecule has 82 heavy (non-hydrogen) atoms. The number of esters is 3. The van der Waals surface area contributed by atoms with Crippen LogP contribution in [-0.4, -0.2) is 37.2 Å². The van der Waals surface area contributed by atoms with Crippen LogP contribution in [0.15, 0.2) is 109 Å². The van der Waals surface area contributed by atoms with Gasteiger partial charge in [0.05, 0.1) is 0 Å². The van der Waals surface area contributed by atoms with Gasteiger partial charge in [-0.15, -0.1) is 0 Å². The van der Waals surface area contributed by atoms with Gasteiger partial charge in [-0.05, 0) is 89.9 Å². The average molecular weight is 1140 g/mol. The number of hydrogen-bond acceptors (Lipinski definition) is 6. The molecule has 0 heterocycles. The number of rotatable bonds is 63. The van der Waals surface area contributed by atoms with Crippen molar-refractivity contribution < 1.29 is 28.6 Å². The summed E-state index contributed by atoms with van der Waals surface area (Å²) in [7, 11) is 0. The van der Waals surface area contributed by atoms with Crippen LogP contribution in [0.1, 0.15) is 335 Å². The monoisotopic (exact) mass is 1140 g/mol. The van der Waals surface area contributed by atoms with E-state index in [0.717, 1.165) is 122 Å². The van der Waals surface area contributed by atoms with E-state index in [2.05, 4.69) is 130 Å². The van der Waals surface area contributed by atoms with Crippen molar-refractivity contribution in [2.24, 2.45) is 0 Å². The molecule has 1 unspecified atom stereocenters. The molecule has 0 amide bonds. The molecule has 0 aliphatic rings. The van der Waals surface area contributed by atoms with Crippen LogP contribution >= 0.6 is 0 Å². The third-order valence-electron chi connectivity index (χ3n) is 15.0. The van der Waals surface area contributed by atoms with Crippen molar-refractivity contribution in [2.45, 2.75) is 341 Å². The molecule has 0 saturated carbocycles. The molecule has 0 spiro atoms. The summed E-state index contributed by atoms with van der Waals surface area (Å²) in [6, 6.07) is 0. The molecule has 0 saturated heterocycles. The number of unbranched alkanes of at least 4 members (excludes halogenated alkanes) is 34. The molecule has 0 aliphatic heterocycles. The standard InChI is InChI=1S/C76H130O6/c1-4-7-10-13-16-19-21-23-25-27-29-31-32-33-34-35-36-37-38-39-40-41-42-43-44-46-47-49-51-53-55-57-60-63-66-69-75(78)81-72-73(71-80-74(77)68-65-62-59-18-15-12-9-6-3)82-76(79)70-67-64-61-58-56-54-52-50-48-45-30-28-26-24-22-20-17-14-11-8-5-2/h7,10,16,19,23,25,29,31,33-34,36-37,39-40,42-43,46-47,73H,4-6,8-9,11-15,17-18,20-22,24,26-28,30,32,35,38,41,44-45,48-72H2,1-3H3/b10-7-,19-16-,25-23-,31-29-,34-33-,37-36-,40-39-,43-42-,47-46-. The van der Waals surface area contributed by atoms with Crippen molar-refractivity contribution in [1.82, 2.24) is 0 Å². The molecule has 1 atom stereocenters. The van der Waals surface area contributed by atoms with Crippen molar-refractivity contribution in [2.75, 3.05) is 13.2 Å². The fourth-order valence-corrected chi connectivity index (χ4v) is 9.85. The summed E-state index contributed by atoms with van der Waals surface area (Å²) in [5.41, 5.74) is 0. The Morgan fingerprint density at radius 1 is 0.256 bits per heavy atom. The molecule has 6 heteroatoms. The predicted octanol–water partition coefficient (Wildman–Crippen LogP) is 24.2. The van der Waals surface area contributed by atoms with Gasteiger partial charge in [-0.3, -0.25) is 14.4 Å². The number of carbonyl (C=O) groups excluding carboxylic acids is 3. The maximum absolute atomic E-state index is 12.9. The van der Waals surface area contributed by atoms with E-state index in [0.29, 0.717) is 19.3 Å². The van der Waals surface area contributed by atoms with E-state index in [1.54, 1.807) is 0 Å². The van der Waals surface area contributed by atoms with Gasteiger partial charge in [0.15, 0.2) is 6.10 Å². The van der Waals surface area contributed by atoms with Crippen molar-refractivity contribution >= 4 is 17.9 Å². The van der Waals surface area contributed by atoms with E-state index in [9.17, 15) is 14.4 Å². The van der Waals surface area contributed by atoms with E-state index in [1.165, 1.54) is 173 Å². The molecular weight excluding hydrogens is 1010 g/mol. The number of ether oxygens (including phenoxy) is 3. The van der Waals surface area contributed by atoms with Gasteiger partial charge < -0.3 is 14.2 Å². The van der Waals surface area contributed by atoms with Gasteiger partial charge in [0.2, 0.25) is 0 Å². The van der Waals surface area contributed by atoms with Crippen LogP contribution in [0.3, 0.4) is 0 Å². The molecule has 0 rings (SSSR count). The van der Waals surface area contributed by atoms with Gasteiger partial charge >= 0.3 is 17.9 Å². The summed E-state index contributed by atoms with van der Waals surface area (Å²) >= 11 is 0. The highest BCUT2D eigenvalue weighted by atomic mass is 16.6. The summed E-state index contributed by atoms with van der Waals surface area (Å²) in [6.07, 6.45) is 95.6. The van der Waals surface area contributed by atoms with Crippen molar-refractivity contribution in [3.05, 3.63) is 109 Å². The third kappa shape index (κ3) is 66.9. The Morgan fingerprint density at radius 2 is 0.476 bits per heavy atom. The molecule has 0 N–H and O–H groups in total. The number of hydrogen-bond donors (Lipinski definition) is 0. The molecule has 0 fully saturated rings. The lowest BCUT2D eigenvalue weighted by Gasteiger charge is -2.18. The molecule has 0 aromatic heterocycles. The Morgan fingerprint density at radius 3 is 0.744 bits per heavy atom. The molecule has 0 aliphatic carbocycles. The Labute approximate surface area is 508 Å². The lowest BCUT2D eigenvalue weighted by molar-refractivity contribution is -0.167. The summed E-state index contributed by atoms with van der Waals surface area (Å²) in [5, 5.41) is 0. The van der Waals surface area contributed by atoms with Crippen LogP contribution < -0.4 is 0 Å². The average Bonchev–Trinajstić information content (AvgIpc) is 3.47. The minimum Gasteiger partial charge on any atom is -0.462 e. The highest BCUT2D eigenvalue weighted by Gasteiger charge is 2.19. The fourth-order valence-electron chi connectivity index (χ4n) is 9.85. The molecule has 0 aromatic rings. The Bertz CT molecular complexity index is 1640. The van der Waals surface area contributed by atoms with Crippen LogP contribution in [0, 0.1) is 0 Å². The van der Waals surface area contributed by atoms with Gasteiger partial charge in [-0.1, -0.05) is 336 Å². The van der Waals surface area contributed by atoms with Gasteiger partial charge in [-0.2, -0.15) is 0 Å². The van der Waals surface area contributed by atoms with Gasteiger partial charge in [0.1, 0.15) is 13.2 Å². The molecule has 0 aromatic carbocycles. The first-order valence-electron chi connectivity index (χ1n) is 34.9. The minimum atomic E-state index is -0.779. The molecular formula is C76H130O6. The normalized spacial score (nSPS) is 12.8. The van der Waals surface area contributed by atoms with E-state index in [4.69, 9.17) is 14.2 Å². The van der Waals surface area contributed by atoms with Crippen molar-refractivity contribution in [3.8, 4) is 0 Å². The van der Waals surface area contributed by atoms with Crippen LogP contribution in [0.4, 0.5) is 0 Å². The first-order valence-corrected chi connectivity index (χ1v) is 34.9. The van der Waals surface area contributed by atoms with Crippen LogP contribution in [0.5, 0.6) is 0 Å². The first-order chi connectivity index (χ1) is 40.5. The van der Waals surface area contributed by atoms with Crippen LogP contribution in [-0.2, 0) is 28.6 Å². The first kappa shape index (κ1) is 78.1. The van der Waals surface area contributed by atoms with E-state index in [1.807, 2.05) is 0 Å². The molecule has 0 bridgehead atoms. The van der Waals surface area contributed by atoms with E-state index in [-0.39, 0.29) is 31.1 Å². The second-order valence-electron chi connectivity index (χ2n) is 23.1. The number of carbonyl (C=O) groups is 3. The summed E-state index contributed by atoms with van der Waals surface area (Å²) in [4.78, 5) is 38.2. The highest BCUT2D eigenvalue weighted by Crippen LogP contribution is 2.17. The maximum Gasteiger partial charge on any atom is 0.306 e.